The van der Waals surface area contributed by atoms with Crippen molar-refractivity contribution in [1.29, 1.82) is 0 Å². The van der Waals surface area contributed by atoms with E-state index in [4.69, 9.17) is 11.6 Å². The first-order chi connectivity index (χ1) is 8.06. The van der Waals surface area contributed by atoms with Crippen LogP contribution in [0.25, 0.3) is 0 Å². The minimum atomic E-state index is -0.463. The molecule has 0 saturated heterocycles. The van der Waals surface area contributed by atoms with E-state index in [1.165, 1.54) is 18.2 Å². The first-order valence-electron chi connectivity index (χ1n) is 4.76. The van der Waals surface area contributed by atoms with Crippen molar-refractivity contribution in [2.75, 3.05) is 5.32 Å². The molecule has 0 aliphatic heterocycles. The largest absolute Gasteiger partial charge is 0.347 e. The van der Waals surface area contributed by atoms with Crippen molar-refractivity contribution in [2.24, 2.45) is 7.05 Å². The fourth-order valence-electron chi connectivity index (χ4n) is 1.41. The molecule has 7 heteroatoms. The van der Waals surface area contributed by atoms with Gasteiger partial charge in [-0.25, -0.2) is 0 Å². The summed E-state index contributed by atoms with van der Waals surface area (Å²) in [6.07, 6.45) is 3.29. The summed E-state index contributed by atoms with van der Waals surface area (Å²) >= 11 is 5.81. The molecule has 0 aliphatic carbocycles. The minimum absolute atomic E-state index is 0.0294. The van der Waals surface area contributed by atoms with E-state index in [0.29, 0.717) is 16.4 Å². The van der Waals surface area contributed by atoms with E-state index in [1.807, 2.05) is 0 Å². The number of nitrogens with zero attached hydrogens (tertiary/aromatic N) is 3. The van der Waals surface area contributed by atoms with E-state index in [2.05, 4.69) is 10.4 Å². The Kier molecular flexibility index (Phi) is 2.97. The Labute approximate surface area is 102 Å². The third-order valence-corrected chi connectivity index (χ3v) is 2.37. The van der Waals surface area contributed by atoms with Crippen LogP contribution in [-0.2, 0) is 7.05 Å². The van der Waals surface area contributed by atoms with E-state index in [1.54, 1.807) is 24.1 Å². The molecule has 2 aromatic rings. The van der Waals surface area contributed by atoms with Crippen LogP contribution >= 0.6 is 11.6 Å². The summed E-state index contributed by atoms with van der Waals surface area (Å²) < 4.78 is 1.60. The van der Waals surface area contributed by atoms with Crippen LogP contribution in [0.3, 0.4) is 0 Å². The fourth-order valence-corrected chi connectivity index (χ4v) is 1.58. The molecule has 0 fully saturated rings. The van der Waals surface area contributed by atoms with Crippen molar-refractivity contribution in [3.8, 4) is 0 Å². The smallest absolute Gasteiger partial charge is 0.292 e. The number of nitrogens with one attached hydrogen (secondary N) is 1. The zero-order chi connectivity index (χ0) is 12.4. The van der Waals surface area contributed by atoms with Gasteiger partial charge in [-0.15, -0.1) is 0 Å². The molecule has 1 heterocycles. The molecule has 0 unspecified atom stereocenters. The SMILES string of the molecule is Cn1cc(Nc2cc(Cl)ccc2[N+](=O)[O-])cn1. The van der Waals surface area contributed by atoms with Crippen LogP contribution < -0.4 is 5.32 Å². The summed E-state index contributed by atoms with van der Waals surface area (Å²) in [6, 6.07) is 4.35. The van der Waals surface area contributed by atoms with Gasteiger partial charge in [0.05, 0.1) is 16.8 Å². The Morgan fingerprint density at radius 2 is 2.29 bits per heavy atom. The molecule has 0 amide bonds. The number of anilines is 2. The molecule has 0 aliphatic rings. The second-order valence-electron chi connectivity index (χ2n) is 3.45. The molecule has 17 heavy (non-hydrogen) atoms. The maximum atomic E-state index is 10.8. The molecule has 1 aromatic heterocycles. The Bertz CT molecular complexity index is 567. The summed E-state index contributed by atoms with van der Waals surface area (Å²) in [5, 5.41) is 18.1. The molecule has 1 aromatic carbocycles. The highest BCUT2D eigenvalue weighted by Crippen LogP contribution is 2.30. The monoisotopic (exact) mass is 252 g/mol. The topological polar surface area (TPSA) is 73.0 Å². The molecular weight excluding hydrogens is 244 g/mol. The highest BCUT2D eigenvalue weighted by atomic mass is 35.5. The van der Waals surface area contributed by atoms with Crippen LogP contribution in [0.1, 0.15) is 0 Å². The summed E-state index contributed by atoms with van der Waals surface area (Å²) in [7, 11) is 1.76. The average Bonchev–Trinajstić information content (AvgIpc) is 2.63. The van der Waals surface area contributed by atoms with Gasteiger partial charge in [-0.1, -0.05) is 11.6 Å². The van der Waals surface area contributed by atoms with Crippen molar-refractivity contribution >= 4 is 28.7 Å². The van der Waals surface area contributed by atoms with Gasteiger partial charge in [-0.3, -0.25) is 14.8 Å². The average molecular weight is 253 g/mol. The molecular formula is C10H9ClN4O2. The molecule has 0 radical (unpaired) electrons. The van der Waals surface area contributed by atoms with Crippen molar-refractivity contribution in [3.63, 3.8) is 0 Å². The molecule has 0 bridgehead atoms. The predicted octanol–water partition coefficient (Wildman–Crippen LogP) is 2.73. The Morgan fingerprint density at radius 3 is 2.88 bits per heavy atom. The summed E-state index contributed by atoms with van der Waals surface area (Å²) in [6.45, 7) is 0. The van der Waals surface area contributed by atoms with Gasteiger partial charge < -0.3 is 5.32 Å². The molecule has 1 N–H and O–H groups in total. The number of nitro groups is 1. The minimum Gasteiger partial charge on any atom is -0.347 e. The number of nitro benzene ring substituents is 1. The lowest BCUT2D eigenvalue weighted by molar-refractivity contribution is -0.383. The Hall–Kier alpha value is -2.08. The maximum Gasteiger partial charge on any atom is 0.292 e. The van der Waals surface area contributed by atoms with Gasteiger partial charge in [0.25, 0.3) is 5.69 Å². The van der Waals surface area contributed by atoms with Gasteiger partial charge in [0.15, 0.2) is 0 Å². The highest BCUT2D eigenvalue weighted by Gasteiger charge is 2.14. The third-order valence-electron chi connectivity index (χ3n) is 2.14. The van der Waals surface area contributed by atoms with Crippen LogP contribution in [0.5, 0.6) is 0 Å². The number of rotatable bonds is 3. The summed E-state index contributed by atoms with van der Waals surface area (Å²) in [4.78, 5) is 10.4. The molecule has 0 spiro atoms. The first kappa shape index (κ1) is 11.4. The quantitative estimate of drug-likeness (QED) is 0.673. The van der Waals surface area contributed by atoms with Gasteiger partial charge in [-0.05, 0) is 12.1 Å². The summed E-state index contributed by atoms with van der Waals surface area (Å²) in [5.74, 6) is 0. The number of halogens is 1. The lowest BCUT2D eigenvalue weighted by Gasteiger charge is -2.04. The zero-order valence-corrected chi connectivity index (χ0v) is 9.68. The second kappa shape index (κ2) is 4.42. The lowest BCUT2D eigenvalue weighted by Crippen LogP contribution is -1.96. The van der Waals surface area contributed by atoms with Crippen LogP contribution in [-0.4, -0.2) is 14.7 Å². The van der Waals surface area contributed by atoms with Crippen LogP contribution in [0.15, 0.2) is 30.6 Å². The number of hydrogen-bond acceptors (Lipinski definition) is 4. The lowest BCUT2D eigenvalue weighted by atomic mass is 10.2. The highest BCUT2D eigenvalue weighted by molar-refractivity contribution is 6.31. The van der Waals surface area contributed by atoms with Crippen LogP contribution in [0.4, 0.5) is 17.1 Å². The van der Waals surface area contributed by atoms with Crippen molar-refractivity contribution in [1.82, 2.24) is 9.78 Å². The zero-order valence-electron chi connectivity index (χ0n) is 8.92. The fraction of sp³-hybridized carbons (Fsp3) is 0.100. The Morgan fingerprint density at radius 1 is 1.53 bits per heavy atom. The molecule has 0 atom stereocenters. The van der Waals surface area contributed by atoms with E-state index in [0.717, 1.165) is 0 Å². The number of hydrogen-bond donors (Lipinski definition) is 1. The van der Waals surface area contributed by atoms with Crippen LogP contribution in [0.2, 0.25) is 5.02 Å². The number of aryl methyl sites for hydroxylation is 1. The van der Waals surface area contributed by atoms with Gasteiger partial charge in [0.1, 0.15) is 5.69 Å². The van der Waals surface area contributed by atoms with Gasteiger partial charge >= 0.3 is 0 Å². The normalized spacial score (nSPS) is 10.2. The maximum absolute atomic E-state index is 10.8. The van der Waals surface area contributed by atoms with E-state index in [9.17, 15) is 10.1 Å². The van der Waals surface area contributed by atoms with E-state index >= 15 is 0 Å². The summed E-state index contributed by atoms with van der Waals surface area (Å²) in [5.41, 5.74) is 0.978. The molecule has 2 rings (SSSR count). The first-order valence-corrected chi connectivity index (χ1v) is 5.13. The van der Waals surface area contributed by atoms with Crippen LogP contribution in [0, 0.1) is 10.1 Å². The second-order valence-corrected chi connectivity index (χ2v) is 3.88. The standard InChI is InChI=1S/C10H9ClN4O2/c1-14-6-8(5-12-14)13-9-4-7(11)2-3-10(9)15(16)17/h2-6,13H,1H3. The van der Waals surface area contributed by atoms with Crippen molar-refractivity contribution in [2.45, 2.75) is 0 Å². The van der Waals surface area contributed by atoms with Gasteiger partial charge in [0, 0.05) is 24.3 Å². The van der Waals surface area contributed by atoms with Crippen molar-refractivity contribution < 1.29 is 4.92 Å². The van der Waals surface area contributed by atoms with E-state index < -0.39 is 4.92 Å². The molecule has 88 valence electrons. The third kappa shape index (κ3) is 2.54. The number of aromatic nitrogens is 2. The molecule has 0 saturated carbocycles. The Balaban J connectivity index is 2.37. The van der Waals surface area contributed by atoms with Gasteiger partial charge in [-0.2, -0.15) is 5.10 Å². The molecule has 6 nitrogen and oxygen atoms in total. The van der Waals surface area contributed by atoms with Gasteiger partial charge in [0.2, 0.25) is 0 Å². The number of benzene rings is 1. The van der Waals surface area contributed by atoms with E-state index in [-0.39, 0.29) is 5.69 Å². The van der Waals surface area contributed by atoms with Crippen molar-refractivity contribution in [3.05, 3.63) is 45.7 Å². The predicted molar refractivity (Wildman–Crippen MR) is 64.6 cm³/mol.